The van der Waals surface area contributed by atoms with Gasteiger partial charge in [-0.2, -0.15) is 0 Å². The summed E-state index contributed by atoms with van der Waals surface area (Å²) in [4.78, 5) is 20.8. The second-order valence-electron chi connectivity index (χ2n) is 4.96. The van der Waals surface area contributed by atoms with Crippen molar-refractivity contribution < 1.29 is 4.79 Å². The molecule has 2 aromatic heterocycles. The highest BCUT2D eigenvalue weighted by Gasteiger charge is 2.18. The molecule has 0 aliphatic rings. The van der Waals surface area contributed by atoms with Crippen molar-refractivity contribution in [1.29, 1.82) is 0 Å². The molecule has 0 aliphatic heterocycles. The molecule has 0 radical (unpaired) electrons. The first-order chi connectivity index (χ1) is 11.6. The summed E-state index contributed by atoms with van der Waals surface area (Å²) >= 11 is 8.92. The molecule has 3 aromatic rings. The van der Waals surface area contributed by atoms with Gasteiger partial charge in [-0.3, -0.25) is 4.79 Å². The molecule has 4 nitrogen and oxygen atoms in total. The molecule has 0 bridgehead atoms. The maximum atomic E-state index is 12.3. The van der Waals surface area contributed by atoms with Gasteiger partial charge in [-0.1, -0.05) is 53.7 Å². The molecule has 1 N–H and O–H groups in total. The summed E-state index contributed by atoms with van der Waals surface area (Å²) < 4.78 is 0.855. The lowest BCUT2D eigenvalue weighted by atomic mass is 10.2. The van der Waals surface area contributed by atoms with Crippen LogP contribution in [-0.4, -0.2) is 21.1 Å². The van der Waals surface area contributed by atoms with Crippen LogP contribution in [0.1, 0.15) is 6.92 Å². The predicted molar refractivity (Wildman–Crippen MR) is 101 cm³/mol. The zero-order valence-corrected chi connectivity index (χ0v) is 15.2. The van der Waals surface area contributed by atoms with Gasteiger partial charge in [0.1, 0.15) is 0 Å². The average Bonchev–Trinajstić information content (AvgIpc) is 3.06. The minimum Gasteiger partial charge on any atom is -0.322 e. The van der Waals surface area contributed by atoms with E-state index in [4.69, 9.17) is 11.6 Å². The number of anilines is 1. The van der Waals surface area contributed by atoms with E-state index in [1.54, 1.807) is 18.3 Å². The van der Waals surface area contributed by atoms with Crippen LogP contribution in [0, 0.1) is 0 Å². The van der Waals surface area contributed by atoms with E-state index in [9.17, 15) is 4.79 Å². The zero-order chi connectivity index (χ0) is 16.9. The number of pyridine rings is 1. The summed E-state index contributed by atoms with van der Waals surface area (Å²) in [7, 11) is 0. The molecule has 0 fully saturated rings. The van der Waals surface area contributed by atoms with E-state index in [2.05, 4.69) is 15.3 Å². The first-order valence-electron chi connectivity index (χ1n) is 7.22. The Balaban J connectivity index is 1.65. The van der Waals surface area contributed by atoms with Crippen LogP contribution < -0.4 is 5.32 Å². The molecule has 2 heterocycles. The second kappa shape index (κ2) is 7.79. The van der Waals surface area contributed by atoms with Gasteiger partial charge in [0.25, 0.3) is 0 Å². The fraction of sp³-hybridized carbons (Fsp3) is 0.118. The quantitative estimate of drug-likeness (QED) is 0.504. The number of nitrogens with zero attached hydrogens (tertiary/aromatic N) is 2. The zero-order valence-electron chi connectivity index (χ0n) is 12.8. The van der Waals surface area contributed by atoms with E-state index in [-0.39, 0.29) is 16.3 Å². The number of aromatic nitrogens is 2. The number of nitrogens with one attached hydrogen (secondary N) is 1. The number of rotatable bonds is 5. The molecule has 1 aromatic carbocycles. The van der Waals surface area contributed by atoms with E-state index in [0.717, 1.165) is 15.6 Å². The normalized spacial score (nSPS) is 11.9. The molecule has 0 saturated heterocycles. The third-order valence-corrected chi connectivity index (χ3v) is 5.59. The first kappa shape index (κ1) is 17.0. The summed E-state index contributed by atoms with van der Waals surface area (Å²) in [5.41, 5.74) is 2.51. The van der Waals surface area contributed by atoms with E-state index >= 15 is 0 Å². The smallest absolute Gasteiger partial charge is 0.237 e. The predicted octanol–water partition coefficient (Wildman–Crippen LogP) is 4.98. The van der Waals surface area contributed by atoms with Crippen LogP contribution in [0.5, 0.6) is 0 Å². The molecular formula is C17H14ClN3OS2. The Morgan fingerprint density at radius 3 is 2.79 bits per heavy atom. The number of amides is 1. The molecule has 1 amide bonds. The Labute approximate surface area is 153 Å². The minimum absolute atomic E-state index is 0.133. The summed E-state index contributed by atoms with van der Waals surface area (Å²) in [6.45, 7) is 1.84. The van der Waals surface area contributed by atoms with Crippen molar-refractivity contribution in [1.82, 2.24) is 9.97 Å². The fourth-order valence-electron chi connectivity index (χ4n) is 1.97. The fourth-order valence-corrected chi connectivity index (χ4v) is 4.11. The largest absolute Gasteiger partial charge is 0.322 e. The topological polar surface area (TPSA) is 54.9 Å². The highest BCUT2D eigenvalue weighted by Crippen LogP contribution is 2.31. The van der Waals surface area contributed by atoms with Crippen LogP contribution in [0.3, 0.4) is 0 Å². The van der Waals surface area contributed by atoms with Crippen molar-refractivity contribution in [3.05, 3.63) is 59.2 Å². The number of hydrogen-bond acceptors (Lipinski definition) is 5. The highest BCUT2D eigenvalue weighted by molar-refractivity contribution is 8.02. The Morgan fingerprint density at radius 2 is 2.04 bits per heavy atom. The Morgan fingerprint density at radius 1 is 1.25 bits per heavy atom. The molecular weight excluding hydrogens is 362 g/mol. The summed E-state index contributed by atoms with van der Waals surface area (Å²) in [6, 6.07) is 13.4. The summed E-state index contributed by atoms with van der Waals surface area (Å²) in [5, 5.41) is 4.78. The first-order valence-corrected chi connectivity index (χ1v) is 9.36. The van der Waals surface area contributed by atoms with Crippen LogP contribution >= 0.6 is 34.7 Å². The monoisotopic (exact) mass is 375 g/mol. The Hall–Kier alpha value is -1.89. The van der Waals surface area contributed by atoms with E-state index < -0.39 is 0 Å². The summed E-state index contributed by atoms with van der Waals surface area (Å²) in [6.07, 6.45) is 1.58. The van der Waals surface area contributed by atoms with Crippen LogP contribution in [0.4, 0.5) is 5.69 Å². The molecule has 7 heteroatoms. The van der Waals surface area contributed by atoms with Gasteiger partial charge in [0, 0.05) is 17.1 Å². The van der Waals surface area contributed by atoms with Gasteiger partial charge < -0.3 is 5.32 Å². The number of carbonyl (C=O) groups is 1. The van der Waals surface area contributed by atoms with Gasteiger partial charge in [0.05, 0.1) is 16.6 Å². The Bertz CT molecular complexity index is 839. The van der Waals surface area contributed by atoms with Gasteiger partial charge in [0.15, 0.2) is 9.49 Å². The number of thiazole rings is 1. The standard InChI is InChI=1S/C17H14ClN3OS2/c1-11(16(22)20-13-8-5-9-19-15(13)18)24-17-21-14(10-23-17)12-6-3-2-4-7-12/h2-11H,1H3,(H,20,22)/t11-/m0/s1. The SMILES string of the molecule is C[C@H](Sc1nc(-c2ccccc2)cs1)C(=O)Nc1cccnc1Cl. The number of carbonyl (C=O) groups excluding carboxylic acids is 1. The van der Waals surface area contributed by atoms with Gasteiger partial charge in [-0.25, -0.2) is 9.97 Å². The van der Waals surface area contributed by atoms with Crippen molar-refractivity contribution >= 4 is 46.3 Å². The van der Waals surface area contributed by atoms with Crippen molar-refractivity contribution in [2.45, 2.75) is 16.5 Å². The maximum Gasteiger partial charge on any atom is 0.237 e. The molecule has 0 unspecified atom stereocenters. The van der Waals surface area contributed by atoms with Crippen molar-refractivity contribution in [2.75, 3.05) is 5.32 Å². The van der Waals surface area contributed by atoms with E-state index in [0.29, 0.717) is 5.69 Å². The van der Waals surface area contributed by atoms with Gasteiger partial charge >= 0.3 is 0 Å². The lowest BCUT2D eigenvalue weighted by molar-refractivity contribution is -0.115. The molecule has 0 saturated carbocycles. The highest BCUT2D eigenvalue weighted by atomic mass is 35.5. The molecule has 122 valence electrons. The van der Waals surface area contributed by atoms with Crippen LogP contribution in [0.15, 0.2) is 58.4 Å². The molecule has 3 rings (SSSR count). The van der Waals surface area contributed by atoms with E-state index in [1.807, 2.05) is 42.6 Å². The molecule has 1 atom stereocenters. The average molecular weight is 376 g/mol. The lowest BCUT2D eigenvalue weighted by Crippen LogP contribution is -2.22. The van der Waals surface area contributed by atoms with Crippen LogP contribution in [0.2, 0.25) is 5.15 Å². The van der Waals surface area contributed by atoms with Crippen LogP contribution in [-0.2, 0) is 4.79 Å². The minimum atomic E-state index is -0.295. The third kappa shape index (κ3) is 4.14. The third-order valence-electron chi connectivity index (χ3n) is 3.22. The molecule has 24 heavy (non-hydrogen) atoms. The summed E-state index contributed by atoms with van der Waals surface area (Å²) in [5.74, 6) is -0.133. The molecule has 0 spiro atoms. The number of benzene rings is 1. The van der Waals surface area contributed by atoms with E-state index in [1.165, 1.54) is 23.1 Å². The van der Waals surface area contributed by atoms with Crippen molar-refractivity contribution in [3.63, 3.8) is 0 Å². The maximum absolute atomic E-state index is 12.3. The van der Waals surface area contributed by atoms with Gasteiger partial charge in [-0.05, 0) is 19.1 Å². The lowest BCUT2D eigenvalue weighted by Gasteiger charge is -2.11. The van der Waals surface area contributed by atoms with Crippen LogP contribution in [0.25, 0.3) is 11.3 Å². The van der Waals surface area contributed by atoms with Gasteiger partial charge in [0.2, 0.25) is 5.91 Å². The Kier molecular flexibility index (Phi) is 5.50. The number of hydrogen-bond donors (Lipinski definition) is 1. The van der Waals surface area contributed by atoms with Crippen molar-refractivity contribution in [3.8, 4) is 11.3 Å². The second-order valence-corrected chi connectivity index (χ2v) is 7.76. The van der Waals surface area contributed by atoms with Gasteiger partial charge in [-0.15, -0.1) is 11.3 Å². The number of halogens is 1. The molecule has 0 aliphatic carbocycles. The number of thioether (sulfide) groups is 1. The van der Waals surface area contributed by atoms with Crippen molar-refractivity contribution in [2.24, 2.45) is 0 Å².